The first-order chi connectivity index (χ1) is 6.29. The van der Waals surface area contributed by atoms with Crippen molar-refractivity contribution in [1.29, 1.82) is 0 Å². The van der Waals surface area contributed by atoms with Gasteiger partial charge >= 0.3 is 50.9 Å². The van der Waals surface area contributed by atoms with E-state index in [1.54, 1.807) is 0 Å². The van der Waals surface area contributed by atoms with Crippen LogP contribution < -0.4 is 0 Å². The van der Waals surface area contributed by atoms with Crippen molar-refractivity contribution >= 4 is 14.3 Å². The first-order valence-corrected chi connectivity index (χ1v) is 9.96. The molecule has 85 valence electrons. The van der Waals surface area contributed by atoms with Crippen LogP contribution in [0.1, 0.15) is 41.5 Å². The van der Waals surface area contributed by atoms with Gasteiger partial charge in [-0.2, -0.15) is 0 Å². The second-order valence-electron chi connectivity index (χ2n) is 4.51. The van der Waals surface area contributed by atoms with Crippen molar-refractivity contribution in [3.8, 4) is 0 Å². The van der Waals surface area contributed by atoms with Gasteiger partial charge in [0.05, 0.1) is 5.76 Å². The third-order valence-electron chi connectivity index (χ3n) is 2.37. The Labute approximate surface area is 94.7 Å². The molecule has 1 N–H and O–H groups in total. The van der Waals surface area contributed by atoms with Crippen molar-refractivity contribution in [1.82, 2.24) is 0 Å². The molecular formula is C12H27GeO. The summed E-state index contributed by atoms with van der Waals surface area (Å²) in [5, 5.41) is 13.3. The summed E-state index contributed by atoms with van der Waals surface area (Å²) in [6.07, 6.45) is 0. The second-order valence-corrected chi connectivity index (χ2v) is 12.1. The van der Waals surface area contributed by atoms with Gasteiger partial charge in [0.2, 0.25) is 0 Å². The Balaban J connectivity index is 0. The summed E-state index contributed by atoms with van der Waals surface area (Å²) in [5.41, 5.74) is -0.139. The molecule has 0 aliphatic rings. The fraction of sp³-hybridized carbons (Fsp3) is 0.833. The van der Waals surface area contributed by atoms with Crippen LogP contribution in [0.4, 0.5) is 0 Å². The van der Waals surface area contributed by atoms with E-state index in [0.717, 1.165) is 0 Å². The third-order valence-corrected chi connectivity index (χ3v) is 8.66. The molecule has 0 spiro atoms. The zero-order chi connectivity index (χ0) is 11.8. The molecule has 0 saturated heterocycles. The van der Waals surface area contributed by atoms with Crippen molar-refractivity contribution in [2.75, 3.05) is 0 Å². The van der Waals surface area contributed by atoms with E-state index in [4.69, 9.17) is 5.11 Å². The molecule has 1 nitrogen and oxygen atoms in total. The van der Waals surface area contributed by atoms with Crippen molar-refractivity contribution in [2.45, 2.75) is 57.3 Å². The maximum atomic E-state index is 8.69. The molecular weight excluding hydrogens is 233 g/mol. The molecule has 0 aliphatic carbocycles. The van der Waals surface area contributed by atoms with Crippen LogP contribution in [0, 0.1) is 5.41 Å². The fourth-order valence-electron chi connectivity index (χ4n) is 0.750. The summed E-state index contributed by atoms with van der Waals surface area (Å²) in [5.74, 6) is 0.243. The van der Waals surface area contributed by atoms with Crippen LogP contribution in [-0.2, 0) is 0 Å². The van der Waals surface area contributed by atoms with Gasteiger partial charge in [0.1, 0.15) is 0 Å². The predicted molar refractivity (Wildman–Crippen MR) is 68.4 cm³/mol. The van der Waals surface area contributed by atoms with E-state index >= 15 is 0 Å². The van der Waals surface area contributed by atoms with E-state index in [9.17, 15) is 0 Å². The van der Waals surface area contributed by atoms with Crippen LogP contribution in [0.3, 0.4) is 0 Å². The van der Waals surface area contributed by atoms with Crippen molar-refractivity contribution in [3.05, 3.63) is 12.3 Å². The third kappa shape index (κ3) is 10.2. The Morgan fingerprint density at radius 2 is 1.29 bits per heavy atom. The van der Waals surface area contributed by atoms with E-state index in [0.29, 0.717) is 0 Å². The van der Waals surface area contributed by atoms with Crippen molar-refractivity contribution < 1.29 is 5.11 Å². The zero-order valence-electron chi connectivity index (χ0n) is 10.8. The van der Waals surface area contributed by atoms with Gasteiger partial charge in [0.15, 0.2) is 0 Å². The second kappa shape index (κ2) is 8.40. The van der Waals surface area contributed by atoms with Gasteiger partial charge in [-0.3, -0.25) is 0 Å². The summed E-state index contributed by atoms with van der Waals surface area (Å²) in [6.45, 7) is 16.1. The quantitative estimate of drug-likeness (QED) is 0.578. The molecule has 14 heavy (non-hydrogen) atoms. The summed E-state index contributed by atoms with van der Waals surface area (Å²) < 4.78 is 0. The molecule has 0 atom stereocenters. The molecule has 1 radical (unpaired) electrons. The molecule has 0 aliphatic heterocycles. The Kier molecular flexibility index (Phi) is 9.90. The van der Waals surface area contributed by atoms with Crippen LogP contribution in [0.5, 0.6) is 0 Å². The number of allylic oxidation sites excluding steroid dienone is 1. The molecule has 0 saturated carbocycles. The predicted octanol–water partition coefficient (Wildman–Crippen LogP) is 4.65. The molecule has 0 aromatic carbocycles. The molecule has 0 fully saturated rings. The van der Waals surface area contributed by atoms with Crippen LogP contribution in [0.2, 0.25) is 15.8 Å². The maximum absolute atomic E-state index is 8.69. The minimum absolute atomic E-state index is 0.139. The Hall–Kier alpha value is 0.0829. The summed E-state index contributed by atoms with van der Waals surface area (Å²) in [7, 11) is 0. The number of rotatable bonds is 3. The molecule has 2 heteroatoms. The monoisotopic (exact) mass is 261 g/mol. The van der Waals surface area contributed by atoms with E-state index in [-0.39, 0.29) is 11.2 Å². The van der Waals surface area contributed by atoms with Gasteiger partial charge in [-0.15, -0.1) is 0 Å². The molecule has 0 unspecified atom stereocenters. The normalized spacial score (nSPS) is 10.8. The average molecular weight is 260 g/mol. The molecule has 0 amide bonds. The summed E-state index contributed by atoms with van der Waals surface area (Å²) >= 11 is -0.403. The van der Waals surface area contributed by atoms with Crippen molar-refractivity contribution in [2.24, 2.45) is 5.41 Å². The van der Waals surface area contributed by atoms with Crippen LogP contribution in [-0.4, -0.2) is 19.5 Å². The van der Waals surface area contributed by atoms with E-state index in [2.05, 4.69) is 27.4 Å². The van der Waals surface area contributed by atoms with E-state index in [1.807, 2.05) is 20.8 Å². The van der Waals surface area contributed by atoms with Gasteiger partial charge in [-0.25, -0.2) is 0 Å². The molecule has 0 aromatic heterocycles. The van der Waals surface area contributed by atoms with Gasteiger partial charge in [-0.1, -0.05) is 27.4 Å². The first kappa shape index (κ1) is 16.5. The number of hydrogen-bond donors (Lipinski definition) is 1. The molecule has 0 rings (SSSR count). The Bertz CT molecular complexity index is 137. The van der Waals surface area contributed by atoms with Crippen LogP contribution in [0.25, 0.3) is 0 Å². The summed E-state index contributed by atoms with van der Waals surface area (Å²) in [4.78, 5) is 0. The van der Waals surface area contributed by atoms with Gasteiger partial charge < -0.3 is 5.11 Å². The van der Waals surface area contributed by atoms with Crippen LogP contribution >= 0.6 is 0 Å². The Morgan fingerprint density at radius 1 is 1.07 bits per heavy atom. The molecule has 0 bridgehead atoms. The number of aliphatic hydroxyl groups excluding tert-OH is 1. The molecule has 0 aromatic rings. The standard InChI is InChI=1S/C6H15Ge.C6H12O/c1-4-7(5-2)6-3;1-5(7)6(2,3)4/h4-6H2,1-3H3;7H,1H2,2-4H3. The van der Waals surface area contributed by atoms with Gasteiger partial charge in [-0.05, 0) is 0 Å². The fourth-order valence-corrected chi connectivity index (χ4v) is 3.90. The first-order valence-electron chi connectivity index (χ1n) is 5.51. The van der Waals surface area contributed by atoms with Crippen LogP contribution in [0.15, 0.2) is 12.3 Å². The van der Waals surface area contributed by atoms with E-state index in [1.165, 1.54) is 15.8 Å². The summed E-state index contributed by atoms with van der Waals surface area (Å²) in [6, 6.07) is 0. The zero-order valence-corrected chi connectivity index (χ0v) is 12.9. The SMILES string of the molecule is C=C(O)C(C)(C)C.C[CH2][Ge]([CH2]C)[CH2]C. The van der Waals surface area contributed by atoms with Gasteiger partial charge in [0.25, 0.3) is 0 Å². The topological polar surface area (TPSA) is 20.2 Å². The Morgan fingerprint density at radius 3 is 1.29 bits per heavy atom. The minimum atomic E-state index is -0.403. The van der Waals surface area contributed by atoms with E-state index < -0.39 is 14.3 Å². The average Bonchev–Trinajstić information content (AvgIpc) is 2.07. The van der Waals surface area contributed by atoms with Crippen molar-refractivity contribution in [3.63, 3.8) is 0 Å². The van der Waals surface area contributed by atoms with Gasteiger partial charge in [0, 0.05) is 5.41 Å². The molecule has 0 heterocycles. The number of hydrogen-bond acceptors (Lipinski definition) is 1. The number of aliphatic hydroxyl groups is 1.